The average Bonchev–Trinajstić information content (AvgIpc) is 3.54. The van der Waals surface area contributed by atoms with E-state index in [2.05, 4.69) is 16.0 Å². The lowest BCUT2D eigenvalue weighted by atomic mass is 10.0. The van der Waals surface area contributed by atoms with E-state index in [-0.39, 0.29) is 24.6 Å². The fourth-order valence-electron chi connectivity index (χ4n) is 4.95. The number of likely N-dealkylation sites (tertiary alicyclic amines) is 2. The lowest BCUT2D eigenvalue weighted by Crippen LogP contribution is -2.57. The molecule has 1 aromatic rings. The Morgan fingerprint density at radius 3 is 2.21 bits per heavy atom. The Kier molecular flexibility index (Phi) is 10.3. The van der Waals surface area contributed by atoms with Gasteiger partial charge in [0.05, 0.1) is 11.3 Å². The monoisotopic (exact) mass is 588 g/mol. The Bertz CT molecular complexity index is 1250. The number of amides is 6. The van der Waals surface area contributed by atoms with Crippen LogP contribution in [0.25, 0.3) is 0 Å². The van der Waals surface area contributed by atoms with Crippen LogP contribution in [0.4, 0.5) is 11.4 Å². The maximum Gasteiger partial charge on any atom is 0.269 e. The van der Waals surface area contributed by atoms with E-state index >= 15 is 0 Å². The Morgan fingerprint density at radius 1 is 1.02 bits per heavy atom. The van der Waals surface area contributed by atoms with Crippen LogP contribution in [0.5, 0.6) is 0 Å². The highest BCUT2D eigenvalue weighted by Gasteiger charge is 2.44. The van der Waals surface area contributed by atoms with E-state index in [1.54, 1.807) is 13.8 Å². The molecule has 3 rings (SSSR count). The van der Waals surface area contributed by atoms with Crippen molar-refractivity contribution in [3.8, 4) is 0 Å². The van der Waals surface area contributed by atoms with E-state index in [0.717, 1.165) is 4.90 Å². The predicted molar refractivity (Wildman–Crippen MR) is 148 cm³/mol. The van der Waals surface area contributed by atoms with Gasteiger partial charge >= 0.3 is 0 Å². The number of benzene rings is 1. The summed E-state index contributed by atoms with van der Waals surface area (Å²) in [6.45, 7) is 6.55. The molecular weight excluding hydrogens is 552 g/mol. The third-order valence-electron chi connectivity index (χ3n) is 7.35. The van der Waals surface area contributed by atoms with Crippen molar-refractivity contribution in [3.05, 3.63) is 34.4 Å². The molecule has 2 saturated heterocycles. The molecule has 15 heteroatoms. The second kappa shape index (κ2) is 13.5. The molecule has 2 heterocycles. The lowest BCUT2D eigenvalue weighted by molar-refractivity contribution is -0.384. The largest absolute Gasteiger partial charge is 0.371 e. The first-order chi connectivity index (χ1) is 19.8. The van der Waals surface area contributed by atoms with Gasteiger partial charge in [-0.25, -0.2) is 0 Å². The molecule has 0 bridgehead atoms. The van der Waals surface area contributed by atoms with Crippen molar-refractivity contribution in [1.82, 2.24) is 20.4 Å². The number of methoxy groups -OCH3 is 1. The van der Waals surface area contributed by atoms with Crippen LogP contribution in [0, 0.1) is 16.0 Å². The van der Waals surface area contributed by atoms with E-state index < -0.39 is 70.6 Å². The van der Waals surface area contributed by atoms with Gasteiger partial charge in [-0.1, -0.05) is 13.8 Å². The second-order valence-electron chi connectivity index (χ2n) is 10.6. The van der Waals surface area contributed by atoms with Crippen LogP contribution in [0.1, 0.15) is 47.0 Å². The highest BCUT2D eigenvalue weighted by molar-refractivity contribution is 6.08. The number of hydrogen-bond donors (Lipinski definition) is 3. The smallest absolute Gasteiger partial charge is 0.269 e. The molecular formula is C27H36N6O9. The Labute approximate surface area is 242 Å². The number of non-ortho nitro benzene ring substituents is 1. The molecule has 0 radical (unpaired) electrons. The van der Waals surface area contributed by atoms with Crippen molar-refractivity contribution in [1.29, 1.82) is 0 Å². The quantitative estimate of drug-likeness (QED) is 0.185. The number of carbonyl (C=O) groups excluding carboxylic acids is 6. The first kappa shape index (κ1) is 32.1. The van der Waals surface area contributed by atoms with Crippen molar-refractivity contribution in [2.45, 2.75) is 77.2 Å². The molecule has 0 spiro atoms. The summed E-state index contributed by atoms with van der Waals surface area (Å²) in [6.07, 6.45) is -0.257. The van der Waals surface area contributed by atoms with Gasteiger partial charge in [-0.15, -0.1) is 0 Å². The predicted octanol–water partition coefficient (Wildman–Crippen LogP) is 0.332. The number of anilines is 1. The average molecular weight is 589 g/mol. The van der Waals surface area contributed by atoms with E-state index in [9.17, 15) is 38.9 Å². The summed E-state index contributed by atoms with van der Waals surface area (Å²) in [5, 5.41) is 18.8. The number of nitro groups is 1. The van der Waals surface area contributed by atoms with Gasteiger partial charge in [0.2, 0.25) is 29.5 Å². The molecule has 1 aromatic carbocycles. The number of nitro benzene ring substituents is 1. The highest BCUT2D eigenvalue weighted by atomic mass is 16.6. The molecule has 3 N–H and O–H groups in total. The van der Waals surface area contributed by atoms with E-state index in [1.807, 2.05) is 0 Å². The maximum atomic E-state index is 13.3. The third-order valence-corrected chi connectivity index (χ3v) is 7.35. The molecule has 0 saturated carbocycles. The van der Waals surface area contributed by atoms with Crippen molar-refractivity contribution in [2.24, 2.45) is 5.92 Å². The molecule has 6 amide bonds. The normalized spacial score (nSPS) is 20.7. The van der Waals surface area contributed by atoms with Crippen LogP contribution in [0.3, 0.4) is 0 Å². The maximum absolute atomic E-state index is 13.3. The van der Waals surface area contributed by atoms with Crippen molar-refractivity contribution >= 4 is 46.8 Å². The molecule has 1 unspecified atom stereocenters. The fourth-order valence-corrected chi connectivity index (χ4v) is 4.95. The number of ether oxygens (including phenoxy) is 1. The number of imide groups is 1. The molecule has 228 valence electrons. The minimum absolute atomic E-state index is 0.134. The number of carbonyl (C=O) groups is 6. The Hall–Kier alpha value is -4.40. The van der Waals surface area contributed by atoms with Gasteiger partial charge in [0, 0.05) is 31.5 Å². The molecule has 42 heavy (non-hydrogen) atoms. The van der Waals surface area contributed by atoms with Crippen LogP contribution in [0.2, 0.25) is 0 Å². The zero-order chi connectivity index (χ0) is 31.3. The first-order valence-corrected chi connectivity index (χ1v) is 13.6. The Morgan fingerprint density at radius 2 is 1.67 bits per heavy atom. The molecule has 2 aliphatic heterocycles. The van der Waals surface area contributed by atoms with E-state index in [0.29, 0.717) is 18.5 Å². The number of rotatable bonds is 11. The summed E-state index contributed by atoms with van der Waals surface area (Å²) in [6, 6.07) is 1.19. The molecule has 5 atom stereocenters. The summed E-state index contributed by atoms with van der Waals surface area (Å²) in [5.41, 5.74) is 0.183. The van der Waals surface area contributed by atoms with Crippen LogP contribution in [0.15, 0.2) is 24.3 Å². The standard InChI is InChI=1S/C27H36N6O9/c1-14(2)22(25(37)29-17-8-10-18(11-9-17)33(40)41)30-24(36)19-7-6-12-31(19)26(38)15(3)28-23(35)16(4)32-21(34)13-20(42-5)27(32)39/h8-11,14-16,19-20,22H,6-7,12-13H2,1-5H3,(H,28,35)(H,29,37)(H,30,36)/t15-,16-,19-,20?,22-/m0/s1. The second-order valence-corrected chi connectivity index (χ2v) is 10.6. The molecule has 0 aliphatic carbocycles. The molecule has 2 fully saturated rings. The molecule has 0 aromatic heterocycles. The minimum atomic E-state index is -1.17. The van der Waals surface area contributed by atoms with E-state index in [4.69, 9.17) is 4.74 Å². The molecule has 15 nitrogen and oxygen atoms in total. The summed E-state index contributed by atoms with van der Waals surface area (Å²) < 4.78 is 4.98. The van der Waals surface area contributed by atoms with Crippen LogP contribution in [-0.2, 0) is 33.5 Å². The number of nitrogens with one attached hydrogen (secondary N) is 3. The van der Waals surface area contributed by atoms with Gasteiger partial charge in [-0.05, 0) is 44.7 Å². The third kappa shape index (κ3) is 7.08. The zero-order valence-corrected chi connectivity index (χ0v) is 24.1. The van der Waals surface area contributed by atoms with Crippen LogP contribution < -0.4 is 16.0 Å². The van der Waals surface area contributed by atoms with Gasteiger partial charge in [0.1, 0.15) is 30.3 Å². The van der Waals surface area contributed by atoms with Gasteiger partial charge < -0.3 is 25.6 Å². The van der Waals surface area contributed by atoms with Gasteiger partial charge in [-0.3, -0.25) is 43.8 Å². The SMILES string of the molecule is COC1CC(=O)N([C@@H](C)C(=O)N[C@@H](C)C(=O)N2CCC[C@H]2C(=O)N[C@H](C(=O)Nc2ccc([N+](=O)[O-])cc2)C(C)C)C1=O. The first-order valence-electron chi connectivity index (χ1n) is 13.6. The van der Waals surface area contributed by atoms with Crippen LogP contribution >= 0.6 is 0 Å². The van der Waals surface area contributed by atoms with Gasteiger partial charge in [0.25, 0.3) is 11.6 Å². The highest BCUT2D eigenvalue weighted by Crippen LogP contribution is 2.22. The van der Waals surface area contributed by atoms with Gasteiger partial charge in [-0.2, -0.15) is 0 Å². The summed E-state index contributed by atoms with van der Waals surface area (Å²) in [5.74, 6) is -3.81. The lowest BCUT2D eigenvalue weighted by Gasteiger charge is -2.30. The topological polar surface area (TPSA) is 197 Å². The van der Waals surface area contributed by atoms with Crippen molar-refractivity contribution in [3.63, 3.8) is 0 Å². The van der Waals surface area contributed by atoms with Gasteiger partial charge in [0.15, 0.2) is 0 Å². The Balaban J connectivity index is 1.62. The minimum Gasteiger partial charge on any atom is -0.371 e. The molecule has 2 aliphatic rings. The summed E-state index contributed by atoms with van der Waals surface area (Å²) in [7, 11) is 1.29. The van der Waals surface area contributed by atoms with Crippen LogP contribution in [-0.4, -0.2) is 94.1 Å². The van der Waals surface area contributed by atoms with Crippen molar-refractivity contribution < 1.29 is 38.4 Å². The number of hydrogen-bond acceptors (Lipinski definition) is 9. The zero-order valence-electron chi connectivity index (χ0n) is 24.1. The fraction of sp³-hybridized carbons (Fsp3) is 0.556. The number of nitrogens with zero attached hydrogens (tertiary/aromatic N) is 3. The van der Waals surface area contributed by atoms with Crippen molar-refractivity contribution in [2.75, 3.05) is 19.0 Å². The summed E-state index contributed by atoms with van der Waals surface area (Å²) in [4.78, 5) is 89.5. The summed E-state index contributed by atoms with van der Waals surface area (Å²) >= 11 is 0. The van der Waals surface area contributed by atoms with E-state index in [1.165, 1.54) is 50.1 Å².